The molecule has 14 heteroatoms. The molecule has 0 unspecified atom stereocenters. The molecule has 0 saturated heterocycles. The summed E-state index contributed by atoms with van der Waals surface area (Å²) in [5.41, 5.74) is 0.454. The van der Waals surface area contributed by atoms with Crippen LogP contribution in [0.4, 0.5) is 5.69 Å². The molecule has 0 saturated carbocycles. The number of carbonyl (C=O) groups is 2. The van der Waals surface area contributed by atoms with E-state index in [0.717, 1.165) is 25.9 Å². The molecule has 1 aliphatic heterocycles. The number of fused-ring (bicyclic) bond motifs is 2. The molecule has 5 aromatic rings. The van der Waals surface area contributed by atoms with Crippen LogP contribution in [0.3, 0.4) is 0 Å². The molecule has 0 bridgehead atoms. The lowest BCUT2D eigenvalue weighted by atomic mass is 10.1. The van der Waals surface area contributed by atoms with E-state index in [9.17, 15) is 19.7 Å². The molecule has 2 aromatic heterocycles. The number of nitro benzene ring substituents is 1. The number of esters is 2. The third-order valence-electron chi connectivity index (χ3n) is 6.19. The summed E-state index contributed by atoms with van der Waals surface area (Å²) in [6.45, 7) is 2.07. The number of hydrogen-bond donors (Lipinski definition) is 0. The molecule has 0 spiro atoms. The van der Waals surface area contributed by atoms with Gasteiger partial charge in [0.25, 0.3) is 5.69 Å². The third kappa shape index (κ3) is 5.64. The first-order valence-corrected chi connectivity index (χ1v) is 15.6. The molecule has 0 fully saturated rings. The molecular weight excluding hydrogens is 703 g/mol. The third-order valence-corrected chi connectivity index (χ3v) is 9.96. The fourth-order valence-corrected chi connectivity index (χ4v) is 7.66. The van der Waals surface area contributed by atoms with Crippen molar-refractivity contribution in [1.29, 1.82) is 0 Å². The number of thiophene rings is 2. The highest BCUT2D eigenvalue weighted by atomic mass is 79.9. The second kappa shape index (κ2) is 11.7. The van der Waals surface area contributed by atoms with Crippen molar-refractivity contribution in [3.63, 3.8) is 0 Å². The van der Waals surface area contributed by atoms with Gasteiger partial charge in [-0.15, -0.1) is 22.7 Å². The van der Waals surface area contributed by atoms with Gasteiger partial charge >= 0.3 is 11.9 Å². The van der Waals surface area contributed by atoms with E-state index in [-0.39, 0.29) is 45.3 Å². The number of aliphatic imine (C=N–C) groups is 1. The molecule has 0 atom stereocenters. The SMILES string of the molecule is CCOc1cc(/C=C2/N=C(c3sc4cc([N+](=O)[O-])ccc4c3Cl)OC2=O)ccc1OC(=O)c1sc2cc(Br)ccc2c1Cl. The fraction of sp³-hybridized carbons (Fsp3) is 0.0690. The predicted molar refractivity (Wildman–Crippen MR) is 171 cm³/mol. The highest BCUT2D eigenvalue weighted by Gasteiger charge is 2.29. The lowest BCUT2D eigenvalue weighted by molar-refractivity contribution is -0.384. The van der Waals surface area contributed by atoms with E-state index in [1.807, 2.05) is 18.2 Å². The monoisotopic (exact) mass is 716 g/mol. The zero-order valence-electron chi connectivity index (χ0n) is 21.7. The zero-order valence-corrected chi connectivity index (χ0v) is 26.4. The molecule has 3 aromatic carbocycles. The van der Waals surface area contributed by atoms with Crippen LogP contribution in [-0.4, -0.2) is 29.4 Å². The van der Waals surface area contributed by atoms with Crippen molar-refractivity contribution in [2.24, 2.45) is 4.99 Å². The van der Waals surface area contributed by atoms with Gasteiger partial charge in [-0.2, -0.15) is 0 Å². The average molecular weight is 718 g/mol. The number of benzene rings is 3. The standard InChI is InChI=1S/C29H15BrCl2N2O7S2/c1-2-39-20-10-13(3-8-19(20)40-29(36)26-24(32)16-6-4-14(30)11-21(16)43-26)9-18-28(35)41-27(33-18)25-23(31)17-7-5-15(34(37)38)12-22(17)42-25/h3-12H,2H2,1H3/b18-9+. The normalized spacial score (nSPS) is 13.9. The molecule has 0 N–H and O–H groups in total. The quantitative estimate of drug-likeness (QED) is 0.0542. The average Bonchev–Trinajstić information content (AvgIpc) is 3.62. The van der Waals surface area contributed by atoms with E-state index in [2.05, 4.69) is 20.9 Å². The van der Waals surface area contributed by atoms with Crippen LogP contribution in [0.25, 0.3) is 26.2 Å². The lowest BCUT2D eigenvalue weighted by Gasteiger charge is -2.11. The highest BCUT2D eigenvalue weighted by Crippen LogP contribution is 2.40. The number of ether oxygens (including phenoxy) is 3. The molecule has 216 valence electrons. The van der Waals surface area contributed by atoms with E-state index in [4.69, 9.17) is 37.4 Å². The minimum absolute atomic E-state index is 0.00455. The molecule has 0 radical (unpaired) electrons. The number of hydrogen-bond acceptors (Lipinski definition) is 10. The Morgan fingerprint density at radius 2 is 1.79 bits per heavy atom. The van der Waals surface area contributed by atoms with Crippen LogP contribution in [0.15, 0.2) is 69.8 Å². The van der Waals surface area contributed by atoms with Gasteiger partial charge in [0, 0.05) is 36.8 Å². The van der Waals surface area contributed by atoms with E-state index in [1.165, 1.54) is 29.5 Å². The van der Waals surface area contributed by atoms with Gasteiger partial charge < -0.3 is 14.2 Å². The van der Waals surface area contributed by atoms with Crippen LogP contribution in [0.2, 0.25) is 10.0 Å². The molecule has 9 nitrogen and oxygen atoms in total. The van der Waals surface area contributed by atoms with E-state index in [0.29, 0.717) is 25.5 Å². The summed E-state index contributed by atoms with van der Waals surface area (Å²) in [4.78, 5) is 41.4. The highest BCUT2D eigenvalue weighted by molar-refractivity contribution is 9.10. The predicted octanol–water partition coefficient (Wildman–Crippen LogP) is 9.06. The van der Waals surface area contributed by atoms with Crippen molar-refractivity contribution in [3.8, 4) is 11.5 Å². The molecule has 3 heterocycles. The van der Waals surface area contributed by atoms with Gasteiger partial charge in [-0.05, 0) is 48.9 Å². The van der Waals surface area contributed by atoms with Gasteiger partial charge in [0.1, 0.15) is 9.75 Å². The second-order valence-corrected chi connectivity index (χ2v) is 12.7. The Morgan fingerprint density at radius 1 is 1.05 bits per heavy atom. The number of nitro groups is 1. The number of halogens is 3. The van der Waals surface area contributed by atoms with E-state index < -0.39 is 16.9 Å². The van der Waals surface area contributed by atoms with Crippen molar-refractivity contribution in [3.05, 3.63) is 100 Å². The zero-order chi connectivity index (χ0) is 30.4. The number of rotatable bonds is 7. The summed E-state index contributed by atoms with van der Waals surface area (Å²) in [5, 5.41) is 13.1. The summed E-state index contributed by atoms with van der Waals surface area (Å²) in [7, 11) is 0. The number of cyclic esters (lactones) is 1. The Kier molecular flexibility index (Phi) is 7.96. The van der Waals surface area contributed by atoms with Crippen molar-refractivity contribution < 1.29 is 28.7 Å². The first kappa shape index (κ1) is 29.3. The molecule has 0 amide bonds. The number of carbonyl (C=O) groups excluding carboxylic acids is 2. The Labute approximate surface area is 269 Å². The molecule has 43 heavy (non-hydrogen) atoms. The summed E-state index contributed by atoms with van der Waals surface area (Å²) in [6, 6.07) is 14.6. The van der Waals surface area contributed by atoms with Crippen molar-refractivity contribution in [2.45, 2.75) is 6.92 Å². The van der Waals surface area contributed by atoms with Gasteiger partial charge in [0.2, 0.25) is 5.90 Å². The first-order chi connectivity index (χ1) is 20.6. The summed E-state index contributed by atoms with van der Waals surface area (Å²) >= 11 is 18.8. The van der Waals surface area contributed by atoms with Crippen LogP contribution in [0.5, 0.6) is 11.5 Å². The van der Waals surface area contributed by atoms with Gasteiger partial charge in [-0.3, -0.25) is 10.1 Å². The maximum atomic E-state index is 13.1. The Bertz CT molecular complexity index is 2070. The van der Waals surface area contributed by atoms with Gasteiger partial charge in [-0.1, -0.05) is 51.3 Å². The number of nitrogens with zero attached hydrogens (tertiary/aromatic N) is 2. The molecular formula is C29H15BrCl2N2O7S2. The summed E-state index contributed by atoms with van der Waals surface area (Å²) < 4.78 is 19.0. The molecule has 6 rings (SSSR count). The van der Waals surface area contributed by atoms with Crippen molar-refractivity contribution in [2.75, 3.05) is 6.61 Å². The molecule has 1 aliphatic rings. The maximum Gasteiger partial charge on any atom is 0.363 e. The van der Waals surface area contributed by atoms with Crippen LogP contribution >= 0.6 is 61.8 Å². The van der Waals surface area contributed by atoms with Gasteiger partial charge in [0.05, 0.1) is 21.6 Å². The maximum absolute atomic E-state index is 13.1. The Morgan fingerprint density at radius 3 is 2.56 bits per heavy atom. The van der Waals surface area contributed by atoms with Crippen LogP contribution in [0.1, 0.15) is 27.0 Å². The van der Waals surface area contributed by atoms with Crippen LogP contribution in [-0.2, 0) is 9.53 Å². The Hall–Kier alpha value is -3.81. The van der Waals surface area contributed by atoms with Gasteiger partial charge in [0.15, 0.2) is 17.2 Å². The Balaban J connectivity index is 1.28. The number of non-ortho nitro benzene ring substituents is 1. The minimum Gasteiger partial charge on any atom is -0.490 e. The summed E-state index contributed by atoms with van der Waals surface area (Å²) in [5.74, 6) is -0.890. The van der Waals surface area contributed by atoms with Crippen molar-refractivity contribution >= 4 is 112 Å². The first-order valence-electron chi connectivity index (χ1n) is 12.4. The van der Waals surface area contributed by atoms with Crippen LogP contribution in [0, 0.1) is 10.1 Å². The summed E-state index contributed by atoms with van der Waals surface area (Å²) in [6.07, 6.45) is 1.50. The van der Waals surface area contributed by atoms with Crippen LogP contribution < -0.4 is 9.47 Å². The van der Waals surface area contributed by atoms with E-state index in [1.54, 1.807) is 31.2 Å². The largest absolute Gasteiger partial charge is 0.490 e. The van der Waals surface area contributed by atoms with Crippen molar-refractivity contribution in [1.82, 2.24) is 0 Å². The molecule has 0 aliphatic carbocycles. The second-order valence-electron chi connectivity index (χ2n) is 8.93. The smallest absolute Gasteiger partial charge is 0.363 e. The minimum atomic E-state index is -0.700. The van der Waals surface area contributed by atoms with Gasteiger partial charge in [-0.25, -0.2) is 14.6 Å². The lowest BCUT2D eigenvalue weighted by Crippen LogP contribution is -2.08. The fourth-order valence-electron chi connectivity index (χ4n) is 4.25. The van der Waals surface area contributed by atoms with E-state index >= 15 is 0 Å². The topological polar surface area (TPSA) is 117 Å².